The normalized spacial score (nSPS) is 6.57. The molecule has 0 N–H and O–H groups in total. The first-order valence-electron chi connectivity index (χ1n) is 4.18. The molecule has 0 aromatic heterocycles. The van der Waals surface area contributed by atoms with Crippen molar-refractivity contribution in [1.29, 1.82) is 0 Å². The minimum absolute atomic E-state index is 0. The van der Waals surface area contributed by atoms with Crippen LogP contribution >= 0.6 is 11.6 Å². The smallest absolute Gasteiger partial charge is 0.851 e. The Balaban J connectivity index is -0.0000000553. The number of ether oxygens (including phenoxy) is 1. The fourth-order valence-electron chi connectivity index (χ4n) is 0.201. The van der Waals surface area contributed by atoms with Gasteiger partial charge in [-0.25, -0.2) is 0 Å². The summed E-state index contributed by atoms with van der Waals surface area (Å²) in [6, 6.07) is 0. The Morgan fingerprint density at radius 3 is 1.71 bits per heavy atom. The summed E-state index contributed by atoms with van der Waals surface area (Å²) < 4.78 is 4.86. The quantitative estimate of drug-likeness (QED) is 0.268. The molecule has 0 saturated carbocycles. The van der Waals surface area contributed by atoms with Crippen LogP contribution in [-0.4, -0.2) is 25.7 Å². The van der Waals surface area contributed by atoms with Gasteiger partial charge in [-0.2, -0.15) is 0 Å². The van der Waals surface area contributed by atoms with E-state index in [1.165, 1.54) is 6.08 Å². The zero-order valence-corrected chi connectivity index (χ0v) is 12.3. The maximum absolute atomic E-state index is 9.18. The van der Waals surface area contributed by atoms with Gasteiger partial charge < -0.3 is 9.84 Å². The number of rotatable bonds is 4. The van der Waals surface area contributed by atoms with E-state index in [4.69, 9.17) is 16.3 Å². The van der Waals surface area contributed by atoms with E-state index in [9.17, 15) is 5.11 Å². The zero-order valence-electron chi connectivity index (χ0n) is 9.59. The number of hydrogen-bond donors (Lipinski definition) is 0. The molecule has 0 rings (SSSR count). The predicted molar refractivity (Wildman–Crippen MR) is 58.1 cm³/mol. The maximum Gasteiger partial charge on any atom is 1.00 e. The van der Waals surface area contributed by atoms with E-state index in [0.717, 1.165) is 12.5 Å². The van der Waals surface area contributed by atoms with Gasteiger partial charge in [0, 0.05) is 12.5 Å². The van der Waals surface area contributed by atoms with Gasteiger partial charge in [0.15, 0.2) is 0 Å². The second-order valence-corrected chi connectivity index (χ2v) is 2.21. The molecule has 0 radical (unpaired) electrons. The summed E-state index contributed by atoms with van der Waals surface area (Å²) >= 11 is 5.00. The van der Waals surface area contributed by atoms with Crippen LogP contribution < -0.4 is 34.7 Å². The van der Waals surface area contributed by atoms with Crippen molar-refractivity contribution in [2.75, 3.05) is 25.7 Å². The summed E-state index contributed by atoms with van der Waals surface area (Å²) in [6.45, 7) is 11.8. The van der Waals surface area contributed by atoms with Gasteiger partial charge in [-0.3, -0.25) is 0 Å². The van der Waals surface area contributed by atoms with E-state index >= 15 is 0 Å². The fraction of sp³-hybridized carbons (Fsp3) is 0.600. The van der Waals surface area contributed by atoms with E-state index in [-0.39, 0.29) is 36.2 Å². The third-order valence-corrected chi connectivity index (χ3v) is 0.558. The first kappa shape index (κ1) is 24.1. The monoisotopic (exact) mass is 230 g/mol. The van der Waals surface area contributed by atoms with Gasteiger partial charge in [0.05, 0.1) is 6.61 Å². The number of alkyl halides is 1. The van der Waals surface area contributed by atoms with E-state index in [2.05, 4.69) is 13.2 Å². The van der Waals surface area contributed by atoms with Crippen LogP contribution in [0.4, 0.5) is 0 Å². The molecule has 2 nitrogen and oxygen atoms in total. The van der Waals surface area contributed by atoms with E-state index in [1.807, 2.05) is 13.8 Å². The third kappa shape index (κ3) is 78.8. The molecular formula is C10H20ClNaO2. The van der Waals surface area contributed by atoms with Crippen LogP contribution in [0, 0.1) is 0 Å². The predicted octanol–water partition coefficient (Wildman–Crippen LogP) is -1.01. The summed E-state index contributed by atoms with van der Waals surface area (Å²) in [5, 5.41) is 9.18. The summed E-state index contributed by atoms with van der Waals surface area (Å²) in [7, 11) is 0. The van der Waals surface area contributed by atoms with Crippen molar-refractivity contribution in [2.45, 2.75) is 13.8 Å². The molecular weight excluding hydrogens is 211 g/mol. The summed E-state index contributed by atoms with van der Waals surface area (Å²) in [5.74, 6) is 0.722. The van der Waals surface area contributed by atoms with Crippen LogP contribution in [-0.2, 0) is 4.74 Å². The van der Waals surface area contributed by atoms with Crippen molar-refractivity contribution >= 4 is 11.6 Å². The molecule has 0 spiro atoms. The molecule has 0 amide bonds. The van der Waals surface area contributed by atoms with Crippen LogP contribution in [0.5, 0.6) is 0 Å². The molecule has 4 heteroatoms. The van der Waals surface area contributed by atoms with Gasteiger partial charge in [0.2, 0.25) is 0 Å². The second-order valence-electron chi connectivity index (χ2n) is 1.67. The van der Waals surface area contributed by atoms with Gasteiger partial charge in [-0.1, -0.05) is 13.0 Å². The van der Waals surface area contributed by atoms with Crippen molar-refractivity contribution in [2.24, 2.45) is 0 Å². The van der Waals surface area contributed by atoms with Crippen LogP contribution in [0.1, 0.15) is 13.8 Å². The maximum atomic E-state index is 9.18. The first-order valence-corrected chi connectivity index (χ1v) is 4.72. The Bertz CT molecular complexity index is 90.2. The Morgan fingerprint density at radius 1 is 1.29 bits per heavy atom. The minimum Gasteiger partial charge on any atom is -0.851 e. The van der Waals surface area contributed by atoms with Gasteiger partial charge in [-0.15, -0.1) is 37.4 Å². The van der Waals surface area contributed by atoms with Crippen LogP contribution in [0.25, 0.3) is 0 Å². The van der Waals surface area contributed by atoms with Crippen LogP contribution in [0.15, 0.2) is 25.3 Å². The molecule has 0 aromatic rings. The molecule has 0 saturated heterocycles. The topological polar surface area (TPSA) is 32.3 Å². The molecule has 80 valence electrons. The summed E-state index contributed by atoms with van der Waals surface area (Å²) in [4.78, 5) is 0. The number of hydrogen-bond acceptors (Lipinski definition) is 2. The molecule has 0 aliphatic carbocycles. The SMILES string of the molecule is C=CCOCC.C=CC[O-].CCCl.[Na+]. The molecule has 0 aliphatic heterocycles. The summed E-state index contributed by atoms with van der Waals surface area (Å²) in [6.07, 6.45) is 3.06. The molecule has 0 bridgehead atoms. The molecule has 0 heterocycles. The van der Waals surface area contributed by atoms with Crippen molar-refractivity contribution < 1.29 is 39.4 Å². The Kier molecular flexibility index (Phi) is 64.2. The Morgan fingerprint density at radius 2 is 1.64 bits per heavy atom. The molecule has 0 fully saturated rings. The van der Waals surface area contributed by atoms with E-state index in [0.29, 0.717) is 6.61 Å². The van der Waals surface area contributed by atoms with Crippen LogP contribution in [0.3, 0.4) is 0 Å². The fourth-order valence-corrected chi connectivity index (χ4v) is 0.201. The van der Waals surface area contributed by atoms with Crippen molar-refractivity contribution in [1.82, 2.24) is 0 Å². The van der Waals surface area contributed by atoms with Gasteiger partial charge >= 0.3 is 29.6 Å². The van der Waals surface area contributed by atoms with E-state index < -0.39 is 0 Å². The Labute approximate surface area is 115 Å². The zero-order chi connectivity index (χ0) is 10.9. The molecule has 0 atom stereocenters. The Hall–Kier alpha value is 0.690. The molecule has 14 heavy (non-hydrogen) atoms. The van der Waals surface area contributed by atoms with Crippen LogP contribution in [0.2, 0.25) is 0 Å². The van der Waals surface area contributed by atoms with Crippen molar-refractivity contribution in [3.63, 3.8) is 0 Å². The largest absolute Gasteiger partial charge is 1.00 e. The molecule has 0 unspecified atom stereocenters. The third-order valence-electron chi connectivity index (χ3n) is 0.558. The molecule has 0 aromatic carbocycles. The van der Waals surface area contributed by atoms with E-state index in [1.54, 1.807) is 6.08 Å². The minimum atomic E-state index is -0.167. The number of halogens is 1. The van der Waals surface area contributed by atoms with Gasteiger partial charge in [0.25, 0.3) is 0 Å². The average Bonchev–Trinajstić information content (AvgIpc) is 2.16. The average molecular weight is 231 g/mol. The molecule has 0 aliphatic rings. The van der Waals surface area contributed by atoms with Crippen molar-refractivity contribution in [3.8, 4) is 0 Å². The first-order chi connectivity index (χ1) is 6.24. The van der Waals surface area contributed by atoms with Gasteiger partial charge in [0.1, 0.15) is 0 Å². The standard InChI is InChI=1S/C5H10O.C3H5O.C2H5Cl.Na/c1-3-5-6-4-2;1-2-3-4;1-2-3;/h3H,1,4-5H2,2H3;2H,1,3H2;2H2,1H3;/q;-1;;+1. The second kappa shape index (κ2) is 37.3. The van der Waals surface area contributed by atoms with Crippen molar-refractivity contribution in [3.05, 3.63) is 25.3 Å². The summed E-state index contributed by atoms with van der Waals surface area (Å²) in [5.41, 5.74) is 0. The van der Waals surface area contributed by atoms with Gasteiger partial charge in [-0.05, 0) is 6.92 Å².